The number of amides is 4. The van der Waals surface area contributed by atoms with Crippen LogP contribution in [0.5, 0.6) is 11.5 Å². The van der Waals surface area contributed by atoms with Crippen molar-refractivity contribution >= 4 is 40.7 Å². The monoisotopic (exact) mass is 545 g/mol. The summed E-state index contributed by atoms with van der Waals surface area (Å²) < 4.78 is 11.7. The molecular weight excluding hydrogens is 514 g/mol. The highest BCUT2D eigenvalue weighted by atomic mass is 16.5. The molecule has 0 unspecified atom stereocenters. The highest BCUT2D eigenvalue weighted by Crippen LogP contribution is 2.37. The molecule has 0 fully saturated rings. The zero-order valence-electron chi connectivity index (χ0n) is 22.2. The summed E-state index contributed by atoms with van der Waals surface area (Å²) in [5.74, 6) is -1.43. The van der Waals surface area contributed by atoms with E-state index in [1.165, 1.54) is 12.1 Å². The topological polar surface area (TPSA) is 152 Å². The van der Waals surface area contributed by atoms with Crippen molar-refractivity contribution in [2.75, 3.05) is 36.2 Å². The van der Waals surface area contributed by atoms with E-state index in [2.05, 4.69) is 16.0 Å². The molecule has 208 valence electrons. The number of ether oxygens (including phenoxy) is 2. The van der Waals surface area contributed by atoms with E-state index in [1.807, 2.05) is 67.5 Å². The van der Waals surface area contributed by atoms with Crippen molar-refractivity contribution in [3.05, 3.63) is 77.9 Å². The molecule has 11 heteroatoms. The Morgan fingerprint density at radius 2 is 1.80 bits per heavy atom. The van der Waals surface area contributed by atoms with Gasteiger partial charge in [0, 0.05) is 32.3 Å². The molecule has 1 atom stereocenters. The number of fused-ring (bicyclic) bond motifs is 1. The molecule has 5 N–H and O–H groups in total. The van der Waals surface area contributed by atoms with Crippen molar-refractivity contribution in [1.82, 2.24) is 5.32 Å². The molecule has 0 aromatic heterocycles. The summed E-state index contributed by atoms with van der Waals surface area (Å²) in [4.78, 5) is 51.8. The maximum atomic E-state index is 13.1. The lowest BCUT2D eigenvalue weighted by atomic mass is 10.1. The molecule has 0 saturated heterocycles. The fourth-order valence-corrected chi connectivity index (χ4v) is 4.04. The molecule has 0 spiro atoms. The number of rotatable bonds is 11. The van der Waals surface area contributed by atoms with E-state index in [1.54, 1.807) is 6.07 Å². The maximum absolute atomic E-state index is 13.1. The molecule has 1 aliphatic rings. The lowest BCUT2D eigenvalue weighted by Crippen LogP contribution is -2.41. The molecule has 11 nitrogen and oxygen atoms in total. The Morgan fingerprint density at radius 3 is 2.52 bits per heavy atom. The fourth-order valence-electron chi connectivity index (χ4n) is 4.04. The Kier molecular flexibility index (Phi) is 8.97. The number of hydrogen-bond acceptors (Lipinski definition) is 7. The first-order valence-corrected chi connectivity index (χ1v) is 12.6. The second-order valence-corrected chi connectivity index (χ2v) is 9.43. The standard InChI is InChI=1S/C29H31N5O6/c1-34(2)19-9-6-10-20(13-19)40-25-14-21-23(33-29(38)22(32-28(21)37)11-12-26(30)35)15-24(25)31-27(36)17-39-16-18-7-4-3-5-8-18/h3-10,13-15,22H,11-12,16-17H2,1-2H3,(H2,30,35)(H,31,36)(H,32,37)(H,33,38)/t22-/m1/s1. The third kappa shape index (κ3) is 7.35. The summed E-state index contributed by atoms with van der Waals surface area (Å²) in [6, 6.07) is 18.7. The SMILES string of the molecule is CN(C)c1cccc(Oc2cc3c(cc2NC(=O)COCc2ccccc2)NC(=O)[C@@H](CCC(N)=O)NC3=O)c1. The number of anilines is 3. The third-order valence-corrected chi connectivity index (χ3v) is 6.10. The van der Waals surface area contributed by atoms with Crippen LogP contribution < -0.4 is 31.3 Å². The molecular formula is C29H31N5O6. The van der Waals surface area contributed by atoms with Crippen molar-refractivity contribution in [2.45, 2.75) is 25.5 Å². The minimum atomic E-state index is -0.960. The molecule has 3 aromatic rings. The highest BCUT2D eigenvalue weighted by molar-refractivity contribution is 6.11. The first-order valence-electron chi connectivity index (χ1n) is 12.6. The van der Waals surface area contributed by atoms with Crippen LogP contribution in [0.3, 0.4) is 0 Å². The van der Waals surface area contributed by atoms with Gasteiger partial charge in [0.05, 0.1) is 23.5 Å². The number of carbonyl (C=O) groups excluding carboxylic acids is 4. The van der Waals surface area contributed by atoms with Gasteiger partial charge in [-0.05, 0) is 36.2 Å². The van der Waals surface area contributed by atoms with E-state index >= 15 is 0 Å². The number of carbonyl (C=O) groups is 4. The largest absolute Gasteiger partial charge is 0.455 e. The predicted molar refractivity (Wildman–Crippen MR) is 150 cm³/mol. The molecule has 0 radical (unpaired) electrons. The van der Waals surface area contributed by atoms with Gasteiger partial charge in [0.25, 0.3) is 5.91 Å². The zero-order valence-corrected chi connectivity index (χ0v) is 22.2. The molecule has 0 saturated carbocycles. The average Bonchev–Trinajstić information content (AvgIpc) is 3.03. The van der Waals surface area contributed by atoms with Gasteiger partial charge in [0.2, 0.25) is 17.7 Å². The first-order chi connectivity index (χ1) is 19.2. The van der Waals surface area contributed by atoms with Crippen molar-refractivity contribution in [2.24, 2.45) is 5.73 Å². The Labute approximate surface area is 231 Å². The van der Waals surface area contributed by atoms with Gasteiger partial charge >= 0.3 is 0 Å². The third-order valence-electron chi connectivity index (χ3n) is 6.10. The number of primary amides is 1. The smallest absolute Gasteiger partial charge is 0.254 e. The Morgan fingerprint density at radius 1 is 1.02 bits per heavy atom. The van der Waals surface area contributed by atoms with Crippen LogP contribution in [0.1, 0.15) is 28.8 Å². The highest BCUT2D eigenvalue weighted by Gasteiger charge is 2.29. The summed E-state index contributed by atoms with van der Waals surface area (Å²) in [7, 11) is 3.79. The van der Waals surface area contributed by atoms with Crippen molar-refractivity contribution in [1.29, 1.82) is 0 Å². The Bertz CT molecular complexity index is 1410. The van der Waals surface area contributed by atoms with E-state index in [9.17, 15) is 19.2 Å². The van der Waals surface area contributed by atoms with Gasteiger partial charge in [0.15, 0.2) is 5.75 Å². The summed E-state index contributed by atoms with van der Waals surface area (Å²) >= 11 is 0. The molecule has 4 amide bonds. The van der Waals surface area contributed by atoms with Gasteiger partial charge in [-0.25, -0.2) is 0 Å². The average molecular weight is 546 g/mol. The summed E-state index contributed by atoms with van der Waals surface area (Å²) in [5.41, 5.74) is 7.56. The van der Waals surface area contributed by atoms with Crippen LogP contribution in [0.4, 0.5) is 17.1 Å². The van der Waals surface area contributed by atoms with Gasteiger partial charge in [-0.15, -0.1) is 0 Å². The Hall–Kier alpha value is -4.90. The maximum Gasteiger partial charge on any atom is 0.254 e. The quantitative estimate of drug-likeness (QED) is 0.289. The second-order valence-electron chi connectivity index (χ2n) is 9.43. The second kappa shape index (κ2) is 12.8. The summed E-state index contributed by atoms with van der Waals surface area (Å²) in [6.45, 7) is 0.0195. The number of nitrogens with zero attached hydrogens (tertiary/aromatic N) is 1. The Balaban J connectivity index is 1.60. The lowest BCUT2D eigenvalue weighted by molar-refractivity contribution is -0.121. The van der Waals surface area contributed by atoms with Crippen LogP contribution in [-0.2, 0) is 25.7 Å². The van der Waals surface area contributed by atoms with Crippen LogP contribution in [0, 0.1) is 0 Å². The molecule has 3 aromatic carbocycles. The number of benzene rings is 3. The van der Waals surface area contributed by atoms with Crippen LogP contribution in [0.2, 0.25) is 0 Å². The van der Waals surface area contributed by atoms with Crippen molar-refractivity contribution in [3.63, 3.8) is 0 Å². The van der Waals surface area contributed by atoms with Gasteiger partial charge in [-0.2, -0.15) is 0 Å². The molecule has 1 aliphatic heterocycles. The van der Waals surface area contributed by atoms with Gasteiger partial charge in [-0.1, -0.05) is 36.4 Å². The van der Waals surface area contributed by atoms with Crippen LogP contribution >= 0.6 is 0 Å². The number of nitrogens with one attached hydrogen (secondary N) is 3. The van der Waals surface area contributed by atoms with Gasteiger partial charge < -0.3 is 36.1 Å². The first kappa shape index (κ1) is 28.1. The fraction of sp³-hybridized carbons (Fsp3) is 0.241. The van der Waals surface area contributed by atoms with Crippen LogP contribution in [0.15, 0.2) is 66.7 Å². The molecule has 0 bridgehead atoms. The lowest BCUT2D eigenvalue weighted by Gasteiger charge is -2.17. The predicted octanol–water partition coefficient (Wildman–Crippen LogP) is 3.02. The van der Waals surface area contributed by atoms with E-state index in [0.29, 0.717) is 5.75 Å². The number of nitrogens with two attached hydrogens (primary N) is 1. The normalized spacial score (nSPS) is 14.3. The molecule has 4 rings (SSSR count). The molecule has 1 heterocycles. The minimum absolute atomic E-state index is 0.0456. The zero-order chi connectivity index (χ0) is 28.6. The molecule has 0 aliphatic carbocycles. The molecule has 40 heavy (non-hydrogen) atoms. The summed E-state index contributed by atoms with van der Waals surface area (Å²) in [6.07, 6.45) is -0.0283. The van der Waals surface area contributed by atoms with Crippen molar-refractivity contribution in [3.8, 4) is 11.5 Å². The van der Waals surface area contributed by atoms with Gasteiger partial charge in [-0.3, -0.25) is 19.2 Å². The van der Waals surface area contributed by atoms with Gasteiger partial charge in [0.1, 0.15) is 18.4 Å². The van der Waals surface area contributed by atoms with Crippen LogP contribution in [0.25, 0.3) is 0 Å². The van der Waals surface area contributed by atoms with E-state index in [0.717, 1.165) is 11.3 Å². The van der Waals surface area contributed by atoms with E-state index < -0.39 is 29.7 Å². The minimum Gasteiger partial charge on any atom is -0.455 e. The van der Waals surface area contributed by atoms with Crippen molar-refractivity contribution < 1.29 is 28.7 Å². The summed E-state index contributed by atoms with van der Waals surface area (Å²) in [5, 5.41) is 8.09. The van der Waals surface area contributed by atoms with Crippen LogP contribution in [-0.4, -0.2) is 50.4 Å². The number of hydrogen-bond donors (Lipinski definition) is 4. The van der Waals surface area contributed by atoms with E-state index in [4.69, 9.17) is 15.2 Å². The van der Waals surface area contributed by atoms with E-state index in [-0.39, 0.29) is 48.7 Å².